The maximum absolute atomic E-state index is 11.5. The van der Waals surface area contributed by atoms with Gasteiger partial charge in [0.25, 0.3) is 0 Å². The SMILES string of the molecule is CCC(NC(C)CS(=O)(=O)CC)C(C)(C)C. The quantitative estimate of drug-likeness (QED) is 0.785. The molecule has 0 aromatic heterocycles. The Balaban J connectivity index is 4.39. The summed E-state index contributed by atoms with van der Waals surface area (Å²) in [5.74, 6) is 0.460. The van der Waals surface area contributed by atoms with Gasteiger partial charge in [0.05, 0.1) is 5.75 Å². The average Bonchev–Trinajstić information content (AvgIpc) is 2.11. The summed E-state index contributed by atoms with van der Waals surface area (Å²) < 4.78 is 23.0. The second kappa shape index (κ2) is 6.01. The van der Waals surface area contributed by atoms with Gasteiger partial charge in [0, 0.05) is 17.8 Å². The Morgan fingerprint density at radius 1 is 1.19 bits per heavy atom. The lowest BCUT2D eigenvalue weighted by atomic mass is 9.85. The Bertz CT molecular complexity index is 291. The fourth-order valence-electron chi connectivity index (χ4n) is 1.87. The van der Waals surface area contributed by atoms with Crippen LogP contribution in [0.4, 0.5) is 0 Å². The summed E-state index contributed by atoms with van der Waals surface area (Å²) in [6.45, 7) is 12.3. The molecule has 0 aliphatic carbocycles. The van der Waals surface area contributed by atoms with Crippen molar-refractivity contribution in [2.75, 3.05) is 11.5 Å². The first-order valence-electron chi connectivity index (χ1n) is 6.08. The maximum atomic E-state index is 11.5. The van der Waals surface area contributed by atoms with Gasteiger partial charge in [0.2, 0.25) is 0 Å². The number of sulfone groups is 1. The lowest BCUT2D eigenvalue weighted by Crippen LogP contribution is -2.46. The average molecular weight is 249 g/mol. The minimum atomic E-state index is -2.88. The Morgan fingerprint density at radius 3 is 2.00 bits per heavy atom. The van der Waals surface area contributed by atoms with Gasteiger partial charge in [-0.15, -0.1) is 0 Å². The number of nitrogens with one attached hydrogen (secondary N) is 1. The molecule has 4 heteroatoms. The third-order valence-corrected chi connectivity index (χ3v) is 4.77. The molecule has 2 atom stereocenters. The van der Waals surface area contributed by atoms with Gasteiger partial charge < -0.3 is 5.32 Å². The second-order valence-electron chi connectivity index (χ2n) is 5.59. The van der Waals surface area contributed by atoms with Crippen LogP contribution in [-0.2, 0) is 9.84 Å². The van der Waals surface area contributed by atoms with E-state index in [0.717, 1.165) is 6.42 Å². The molecule has 0 aliphatic rings. The highest BCUT2D eigenvalue weighted by Crippen LogP contribution is 2.22. The summed E-state index contributed by atoms with van der Waals surface area (Å²) >= 11 is 0. The fraction of sp³-hybridized carbons (Fsp3) is 1.00. The van der Waals surface area contributed by atoms with Gasteiger partial charge in [-0.1, -0.05) is 34.6 Å². The first kappa shape index (κ1) is 15.9. The Hall–Kier alpha value is -0.0900. The first-order chi connectivity index (χ1) is 7.12. The van der Waals surface area contributed by atoms with E-state index in [2.05, 4.69) is 33.0 Å². The van der Waals surface area contributed by atoms with Crippen LogP contribution in [0.1, 0.15) is 48.0 Å². The molecule has 0 saturated heterocycles. The van der Waals surface area contributed by atoms with E-state index in [1.165, 1.54) is 0 Å². The summed E-state index contributed by atoms with van der Waals surface area (Å²) in [5, 5.41) is 3.42. The van der Waals surface area contributed by atoms with Crippen LogP contribution in [-0.4, -0.2) is 32.0 Å². The zero-order chi connectivity index (χ0) is 13.0. The molecule has 0 radical (unpaired) electrons. The van der Waals surface area contributed by atoms with E-state index in [9.17, 15) is 8.42 Å². The third-order valence-electron chi connectivity index (χ3n) is 2.88. The van der Waals surface area contributed by atoms with Crippen LogP contribution in [0.3, 0.4) is 0 Å². The van der Waals surface area contributed by atoms with E-state index in [1.54, 1.807) is 6.92 Å². The van der Waals surface area contributed by atoms with Gasteiger partial charge in [0.1, 0.15) is 0 Å². The number of hydrogen-bond donors (Lipinski definition) is 1. The summed E-state index contributed by atoms with van der Waals surface area (Å²) in [6.07, 6.45) is 1.01. The minimum absolute atomic E-state index is 0.0223. The van der Waals surface area contributed by atoms with Gasteiger partial charge >= 0.3 is 0 Å². The zero-order valence-corrected chi connectivity index (χ0v) is 12.3. The largest absolute Gasteiger partial charge is 0.310 e. The summed E-state index contributed by atoms with van der Waals surface area (Å²) in [4.78, 5) is 0. The third kappa shape index (κ3) is 5.85. The van der Waals surface area contributed by atoms with Crippen molar-refractivity contribution in [3.8, 4) is 0 Å². The number of hydrogen-bond acceptors (Lipinski definition) is 3. The van der Waals surface area contributed by atoms with Gasteiger partial charge in [-0.3, -0.25) is 0 Å². The lowest BCUT2D eigenvalue weighted by Gasteiger charge is -2.33. The van der Waals surface area contributed by atoms with E-state index < -0.39 is 9.84 Å². The molecule has 2 unspecified atom stereocenters. The lowest BCUT2D eigenvalue weighted by molar-refractivity contribution is 0.248. The predicted octanol–water partition coefficient (Wildman–Crippen LogP) is 2.22. The van der Waals surface area contributed by atoms with Crippen molar-refractivity contribution in [3.05, 3.63) is 0 Å². The molecular formula is C12H27NO2S. The molecular weight excluding hydrogens is 222 g/mol. The monoisotopic (exact) mass is 249 g/mol. The fourth-order valence-corrected chi connectivity index (χ4v) is 2.96. The molecule has 1 N–H and O–H groups in total. The molecule has 0 heterocycles. The molecule has 0 bridgehead atoms. The van der Waals surface area contributed by atoms with Crippen LogP contribution in [0.15, 0.2) is 0 Å². The molecule has 0 aromatic rings. The van der Waals surface area contributed by atoms with Crippen LogP contribution in [0.25, 0.3) is 0 Å². The number of rotatable bonds is 6. The Labute approximate surface area is 101 Å². The van der Waals surface area contributed by atoms with Gasteiger partial charge in [-0.25, -0.2) is 8.42 Å². The van der Waals surface area contributed by atoms with E-state index in [0.29, 0.717) is 6.04 Å². The topological polar surface area (TPSA) is 46.2 Å². The van der Waals surface area contributed by atoms with Crippen molar-refractivity contribution in [2.45, 2.75) is 60.0 Å². The maximum Gasteiger partial charge on any atom is 0.151 e. The van der Waals surface area contributed by atoms with Crippen LogP contribution in [0, 0.1) is 5.41 Å². The van der Waals surface area contributed by atoms with Crippen LogP contribution >= 0.6 is 0 Å². The van der Waals surface area contributed by atoms with Crippen LogP contribution < -0.4 is 5.32 Å². The normalized spacial score (nSPS) is 17.1. The smallest absolute Gasteiger partial charge is 0.151 e. The van der Waals surface area contributed by atoms with Crippen LogP contribution in [0.5, 0.6) is 0 Å². The molecule has 0 aromatic carbocycles. The van der Waals surface area contributed by atoms with Gasteiger partial charge in [-0.05, 0) is 18.8 Å². The van der Waals surface area contributed by atoms with E-state index in [1.807, 2.05) is 6.92 Å². The predicted molar refractivity (Wildman–Crippen MR) is 70.5 cm³/mol. The second-order valence-corrected chi connectivity index (χ2v) is 7.99. The van der Waals surface area contributed by atoms with Crippen molar-refractivity contribution in [1.82, 2.24) is 5.32 Å². The van der Waals surface area contributed by atoms with Crippen molar-refractivity contribution in [3.63, 3.8) is 0 Å². The summed E-state index contributed by atoms with van der Waals surface area (Å²) in [7, 11) is -2.88. The Kier molecular flexibility index (Phi) is 5.98. The Morgan fingerprint density at radius 2 is 1.69 bits per heavy atom. The molecule has 16 heavy (non-hydrogen) atoms. The van der Waals surface area contributed by atoms with E-state index in [4.69, 9.17) is 0 Å². The van der Waals surface area contributed by atoms with Crippen molar-refractivity contribution in [2.24, 2.45) is 5.41 Å². The molecule has 0 fully saturated rings. The first-order valence-corrected chi connectivity index (χ1v) is 7.91. The van der Waals surface area contributed by atoms with Crippen molar-refractivity contribution in [1.29, 1.82) is 0 Å². The molecule has 3 nitrogen and oxygen atoms in total. The molecule has 0 rings (SSSR count). The van der Waals surface area contributed by atoms with Gasteiger partial charge in [0.15, 0.2) is 9.84 Å². The highest BCUT2D eigenvalue weighted by molar-refractivity contribution is 7.91. The van der Waals surface area contributed by atoms with Crippen LogP contribution in [0.2, 0.25) is 0 Å². The highest BCUT2D eigenvalue weighted by Gasteiger charge is 2.25. The zero-order valence-electron chi connectivity index (χ0n) is 11.5. The summed E-state index contributed by atoms with van der Waals surface area (Å²) in [5.41, 5.74) is 0.166. The molecule has 0 spiro atoms. The van der Waals surface area contributed by atoms with E-state index >= 15 is 0 Å². The van der Waals surface area contributed by atoms with Crippen molar-refractivity contribution >= 4 is 9.84 Å². The highest BCUT2D eigenvalue weighted by atomic mass is 32.2. The van der Waals surface area contributed by atoms with Crippen molar-refractivity contribution < 1.29 is 8.42 Å². The minimum Gasteiger partial charge on any atom is -0.310 e. The molecule has 0 aliphatic heterocycles. The van der Waals surface area contributed by atoms with E-state index in [-0.39, 0.29) is 23.0 Å². The molecule has 0 amide bonds. The molecule has 0 saturated carbocycles. The molecule has 98 valence electrons. The standard InChI is InChI=1S/C12H27NO2S/c1-7-11(12(4,5)6)13-10(3)9-16(14,15)8-2/h10-11,13H,7-9H2,1-6H3. The van der Waals surface area contributed by atoms with Gasteiger partial charge in [-0.2, -0.15) is 0 Å². The summed E-state index contributed by atoms with van der Waals surface area (Å²) in [6, 6.07) is 0.378.